The number of benzene rings is 2. The Balaban J connectivity index is 1.36. The molecule has 4 aromatic rings. The SMILES string of the molecule is CCOc1ccc(Cl)cc1-c1nnc([C@H]2CCC[C@@H](C(=O)Nc3c(CCNC(=O)C(F)(F)F)n(C)n(-c4ccccc4)c3=O)C2)o1. The molecule has 2 heterocycles. The first-order valence-corrected chi connectivity index (χ1v) is 15.1. The lowest BCUT2D eigenvalue weighted by molar-refractivity contribution is -0.173. The fraction of sp³-hybridized carbons (Fsp3) is 0.387. The van der Waals surface area contributed by atoms with Gasteiger partial charge in [0.15, 0.2) is 0 Å². The molecule has 11 nitrogen and oxygen atoms in total. The van der Waals surface area contributed by atoms with Gasteiger partial charge in [-0.1, -0.05) is 36.2 Å². The number of amides is 2. The number of alkyl halides is 3. The van der Waals surface area contributed by atoms with Crippen molar-refractivity contribution in [3.63, 3.8) is 0 Å². The minimum Gasteiger partial charge on any atom is -0.493 e. The molecule has 0 unspecified atom stereocenters. The Hall–Kier alpha value is -4.59. The predicted octanol–water partition coefficient (Wildman–Crippen LogP) is 5.41. The molecule has 0 bridgehead atoms. The van der Waals surface area contributed by atoms with Crippen LogP contribution in [0.4, 0.5) is 18.9 Å². The Morgan fingerprint density at radius 1 is 1.13 bits per heavy atom. The first-order chi connectivity index (χ1) is 22.0. The molecule has 5 rings (SSSR count). The summed E-state index contributed by atoms with van der Waals surface area (Å²) in [7, 11) is 1.56. The Morgan fingerprint density at radius 3 is 2.61 bits per heavy atom. The molecule has 46 heavy (non-hydrogen) atoms. The Labute approximate surface area is 266 Å². The number of para-hydroxylation sites is 1. The summed E-state index contributed by atoms with van der Waals surface area (Å²) < 4.78 is 52.7. The number of ether oxygens (including phenoxy) is 1. The second-order valence-electron chi connectivity index (χ2n) is 10.9. The van der Waals surface area contributed by atoms with Crippen LogP contribution in [0.15, 0.2) is 57.7 Å². The number of anilines is 1. The molecule has 15 heteroatoms. The van der Waals surface area contributed by atoms with E-state index < -0.39 is 36.0 Å². The van der Waals surface area contributed by atoms with Crippen LogP contribution in [-0.2, 0) is 23.1 Å². The normalized spacial score (nSPS) is 16.7. The molecule has 2 atom stereocenters. The third kappa shape index (κ3) is 7.11. The first kappa shape index (κ1) is 32.8. The molecule has 0 spiro atoms. The highest BCUT2D eigenvalue weighted by Gasteiger charge is 2.38. The van der Waals surface area contributed by atoms with Gasteiger partial charge in [-0.15, -0.1) is 10.2 Å². The average Bonchev–Trinajstić information content (AvgIpc) is 3.61. The van der Waals surface area contributed by atoms with E-state index >= 15 is 0 Å². The van der Waals surface area contributed by atoms with Crippen LogP contribution in [-0.4, -0.2) is 50.7 Å². The molecule has 0 saturated heterocycles. The van der Waals surface area contributed by atoms with E-state index in [0.29, 0.717) is 60.2 Å². The van der Waals surface area contributed by atoms with Crippen molar-refractivity contribution in [2.45, 2.75) is 51.1 Å². The molecular weight excluding hydrogens is 629 g/mol. The van der Waals surface area contributed by atoms with Gasteiger partial charge >= 0.3 is 12.1 Å². The summed E-state index contributed by atoms with van der Waals surface area (Å²) in [5, 5.41) is 13.5. The van der Waals surface area contributed by atoms with Crippen molar-refractivity contribution in [1.82, 2.24) is 24.9 Å². The topological polar surface area (TPSA) is 133 Å². The number of hydrogen-bond donors (Lipinski definition) is 2. The van der Waals surface area contributed by atoms with Gasteiger partial charge in [0.25, 0.3) is 11.4 Å². The second kappa shape index (κ2) is 13.8. The summed E-state index contributed by atoms with van der Waals surface area (Å²) in [5.74, 6) is -2.10. The van der Waals surface area contributed by atoms with E-state index in [1.807, 2.05) is 12.2 Å². The predicted molar refractivity (Wildman–Crippen MR) is 163 cm³/mol. The standard InChI is InChI=1S/C31H32ClF3N6O5/c1-3-45-24-13-12-20(32)17-22(24)28-39-38-27(46-28)19-9-7-8-18(16-19)26(42)37-25-23(14-15-36-30(44)31(33,34)35)40(2)41(29(25)43)21-10-5-4-6-11-21/h4-6,10-13,17-19H,3,7-9,14-16H2,1-2H3,(H,36,44)(H,37,42)/t18-,19+/m1/s1. The highest BCUT2D eigenvalue weighted by atomic mass is 35.5. The number of carbonyl (C=O) groups excluding carboxylic acids is 2. The van der Waals surface area contributed by atoms with Crippen molar-refractivity contribution in [1.29, 1.82) is 0 Å². The van der Waals surface area contributed by atoms with Gasteiger partial charge in [0, 0.05) is 36.9 Å². The molecule has 2 aromatic carbocycles. The minimum absolute atomic E-state index is 0.0655. The van der Waals surface area contributed by atoms with Gasteiger partial charge in [-0.3, -0.25) is 19.1 Å². The number of hydrogen-bond acceptors (Lipinski definition) is 7. The van der Waals surface area contributed by atoms with E-state index in [4.69, 9.17) is 20.8 Å². The lowest BCUT2D eigenvalue weighted by atomic mass is 9.81. The van der Waals surface area contributed by atoms with Crippen LogP contribution >= 0.6 is 11.6 Å². The molecule has 2 aromatic heterocycles. The van der Waals surface area contributed by atoms with E-state index in [1.54, 1.807) is 55.6 Å². The van der Waals surface area contributed by atoms with Crippen molar-refractivity contribution >= 4 is 29.1 Å². The number of rotatable bonds is 10. The van der Waals surface area contributed by atoms with Crippen LogP contribution < -0.4 is 20.9 Å². The minimum atomic E-state index is -5.05. The molecule has 0 radical (unpaired) electrons. The van der Waals surface area contributed by atoms with Gasteiger partial charge in [-0.25, -0.2) is 4.68 Å². The van der Waals surface area contributed by atoms with Crippen LogP contribution in [0.1, 0.15) is 50.1 Å². The zero-order valence-electron chi connectivity index (χ0n) is 25.1. The van der Waals surface area contributed by atoms with Crippen molar-refractivity contribution in [3.05, 3.63) is 75.5 Å². The molecule has 1 saturated carbocycles. The van der Waals surface area contributed by atoms with Gasteiger partial charge in [-0.05, 0) is 56.5 Å². The Morgan fingerprint density at radius 2 is 1.89 bits per heavy atom. The first-order valence-electron chi connectivity index (χ1n) is 14.8. The monoisotopic (exact) mass is 660 g/mol. The molecular formula is C31H32ClF3N6O5. The highest BCUT2D eigenvalue weighted by molar-refractivity contribution is 6.30. The number of nitrogens with one attached hydrogen (secondary N) is 2. The van der Waals surface area contributed by atoms with Crippen LogP contribution in [0.5, 0.6) is 5.75 Å². The lowest BCUT2D eigenvalue weighted by Crippen LogP contribution is -2.38. The highest BCUT2D eigenvalue weighted by Crippen LogP contribution is 2.39. The summed E-state index contributed by atoms with van der Waals surface area (Å²) >= 11 is 6.19. The van der Waals surface area contributed by atoms with Crippen LogP contribution in [0.2, 0.25) is 5.02 Å². The molecule has 1 aliphatic rings. The largest absolute Gasteiger partial charge is 0.493 e. The molecule has 1 fully saturated rings. The molecule has 0 aliphatic heterocycles. The maximum atomic E-state index is 13.6. The van der Waals surface area contributed by atoms with Crippen molar-refractivity contribution in [2.75, 3.05) is 18.5 Å². The van der Waals surface area contributed by atoms with E-state index in [2.05, 4.69) is 15.5 Å². The summed E-state index contributed by atoms with van der Waals surface area (Å²) in [6.07, 6.45) is -2.89. The third-order valence-corrected chi connectivity index (χ3v) is 8.08. The quantitative estimate of drug-likeness (QED) is 0.232. The van der Waals surface area contributed by atoms with E-state index in [9.17, 15) is 27.6 Å². The second-order valence-corrected chi connectivity index (χ2v) is 11.3. The van der Waals surface area contributed by atoms with Gasteiger partial charge in [0.2, 0.25) is 11.8 Å². The smallest absolute Gasteiger partial charge is 0.471 e. The van der Waals surface area contributed by atoms with Crippen molar-refractivity contribution in [2.24, 2.45) is 13.0 Å². The van der Waals surface area contributed by atoms with Gasteiger partial charge in [0.1, 0.15) is 11.4 Å². The van der Waals surface area contributed by atoms with Crippen LogP contribution in [0.25, 0.3) is 17.1 Å². The zero-order chi connectivity index (χ0) is 33.0. The number of carbonyl (C=O) groups is 2. The van der Waals surface area contributed by atoms with Crippen LogP contribution in [0, 0.1) is 5.92 Å². The maximum absolute atomic E-state index is 13.6. The number of halogens is 4. The van der Waals surface area contributed by atoms with Gasteiger partial charge in [-0.2, -0.15) is 13.2 Å². The lowest BCUT2D eigenvalue weighted by Gasteiger charge is -2.26. The average molecular weight is 661 g/mol. The van der Waals surface area contributed by atoms with Gasteiger partial charge < -0.3 is 19.8 Å². The van der Waals surface area contributed by atoms with Crippen molar-refractivity contribution in [3.8, 4) is 22.9 Å². The molecule has 244 valence electrons. The zero-order valence-corrected chi connectivity index (χ0v) is 25.8. The Bertz CT molecular complexity index is 1770. The summed E-state index contributed by atoms with van der Waals surface area (Å²) in [6, 6.07) is 13.7. The summed E-state index contributed by atoms with van der Waals surface area (Å²) in [5.41, 5.74) is 0.679. The van der Waals surface area contributed by atoms with E-state index in [-0.39, 0.29) is 29.6 Å². The fourth-order valence-electron chi connectivity index (χ4n) is 5.65. The molecule has 2 N–H and O–H groups in total. The van der Waals surface area contributed by atoms with Crippen molar-refractivity contribution < 1.29 is 31.9 Å². The number of aromatic nitrogens is 4. The maximum Gasteiger partial charge on any atom is 0.471 e. The van der Waals surface area contributed by atoms with Crippen LogP contribution in [0.3, 0.4) is 0 Å². The number of nitrogens with zero attached hydrogens (tertiary/aromatic N) is 4. The fourth-order valence-corrected chi connectivity index (χ4v) is 5.82. The summed E-state index contributed by atoms with van der Waals surface area (Å²) in [6.45, 7) is 1.87. The van der Waals surface area contributed by atoms with E-state index in [1.165, 1.54) is 9.36 Å². The molecule has 2 amide bonds. The van der Waals surface area contributed by atoms with E-state index in [0.717, 1.165) is 0 Å². The third-order valence-electron chi connectivity index (χ3n) is 7.85. The van der Waals surface area contributed by atoms with Gasteiger partial charge in [0.05, 0.1) is 23.6 Å². The Kier molecular flexibility index (Phi) is 9.85. The molecule has 1 aliphatic carbocycles. The summed E-state index contributed by atoms with van der Waals surface area (Å²) in [4.78, 5) is 38.6.